The molecule has 0 unspecified atom stereocenters. The molecule has 0 bridgehead atoms. The van der Waals surface area contributed by atoms with E-state index < -0.39 is 0 Å². The minimum absolute atomic E-state index is 0.482. The van der Waals surface area contributed by atoms with Crippen molar-refractivity contribution in [1.29, 1.82) is 0 Å². The second-order valence-corrected chi connectivity index (χ2v) is 4.17. The highest BCUT2D eigenvalue weighted by Gasteiger charge is 2.03. The zero-order chi connectivity index (χ0) is 14.5. The minimum atomic E-state index is 0.482. The second kappa shape index (κ2) is 6.04. The summed E-state index contributed by atoms with van der Waals surface area (Å²) in [4.78, 5) is 0. The molecule has 108 valence electrons. The van der Waals surface area contributed by atoms with Gasteiger partial charge >= 0.3 is 0 Å². The van der Waals surface area contributed by atoms with Crippen LogP contribution in [0, 0.1) is 0 Å². The van der Waals surface area contributed by atoms with E-state index in [0.717, 1.165) is 0 Å². The monoisotopic (exact) mass is 286 g/mol. The van der Waals surface area contributed by atoms with Gasteiger partial charge < -0.3 is 14.8 Å². The number of benzene rings is 1. The maximum absolute atomic E-state index is 5.66. The number of para-hydroxylation sites is 2. The van der Waals surface area contributed by atoms with Gasteiger partial charge in [-0.15, -0.1) is 14.8 Å². The maximum atomic E-state index is 5.66. The summed E-state index contributed by atoms with van der Waals surface area (Å²) >= 11 is 0. The third kappa shape index (κ3) is 2.99. The lowest BCUT2D eigenvalue weighted by molar-refractivity contribution is 0.305. The molecule has 0 aliphatic heterocycles. The predicted octanol–water partition coefficient (Wildman–Crippen LogP) is 1.02. The van der Waals surface area contributed by atoms with E-state index in [0.29, 0.717) is 36.1 Å². The van der Waals surface area contributed by atoms with Gasteiger partial charge in [-0.2, -0.15) is 0 Å². The molecular weight excluding hydrogens is 272 g/mol. The summed E-state index contributed by atoms with van der Waals surface area (Å²) in [5.74, 6) is 2.11. The molecule has 2 heterocycles. The molecule has 0 radical (unpaired) electrons. The smallest absolute Gasteiger partial charge is 0.200 e. The molecule has 8 nitrogen and oxygen atoms in total. The first-order valence-corrected chi connectivity index (χ1v) is 6.42. The van der Waals surface area contributed by atoms with Crippen molar-refractivity contribution in [3.63, 3.8) is 0 Å². The highest BCUT2D eigenvalue weighted by molar-refractivity contribution is 5.42. The SMILES string of the molecule is COc1ccccc1OCCNc1ccc2nnnn2n1. The summed E-state index contributed by atoms with van der Waals surface area (Å²) in [7, 11) is 1.62. The average molecular weight is 286 g/mol. The van der Waals surface area contributed by atoms with Crippen molar-refractivity contribution in [2.75, 3.05) is 25.6 Å². The van der Waals surface area contributed by atoms with Crippen molar-refractivity contribution in [3.8, 4) is 11.5 Å². The lowest BCUT2D eigenvalue weighted by Crippen LogP contribution is -2.13. The van der Waals surface area contributed by atoms with Crippen molar-refractivity contribution in [1.82, 2.24) is 25.3 Å². The fraction of sp³-hybridized carbons (Fsp3) is 0.231. The van der Waals surface area contributed by atoms with E-state index in [1.54, 1.807) is 13.2 Å². The van der Waals surface area contributed by atoms with Crippen LogP contribution in [0.4, 0.5) is 5.82 Å². The summed E-state index contributed by atoms with van der Waals surface area (Å²) in [6.07, 6.45) is 0. The summed E-state index contributed by atoms with van der Waals surface area (Å²) in [6.45, 7) is 1.08. The van der Waals surface area contributed by atoms with Crippen LogP contribution in [-0.2, 0) is 0 Å². The number of methoxy groups -OCH3 is 1. The number of ether oxygens (including phenoxy) is 2. The second-order valence-electron chi connectivity index (χ2n) is 4.17. The van der Waals surface area contributed by atoms with Crippen molar-refractivity contribution in [2.24, 2.45) is 0 Å². The lowest BCUT2D eigenvalue weighted by Gasteiger charge is -2.10. The molecule has 0 aliphatic carbocycles. The van der Waals surface area contributed by atoms with E-state index in [9.17, 15) is 0 Å². The number of aromatic nitrogens is 5. The summed E-state index contributed by atoms with van der Waals surface area (Å²) < 4.78 is 12.2. The fourth-order valence-electron chi connectivity index (χ4n) is 1.82. The van der Waals surface area contributed by atoms with Crippen LogP contribution >= 0.6 is 0 Å². The Labute approximate surface area is 120 Å². The number of tetrazole rings is 1. The number of anilines is 1. The van der Waals surface area contributed by atoms with Crippen LogP contribution in [0.25, 0.3) is 5.65 Å². The topological polar surface area (TPSA) is 86.5 Å². The third-order valence-corrected chi connectivity index (χ3v) is 2.80. The molecule has 3 aromatic rings. The molecule has 0 spiro atoms. The van der Waals surface area contributed by atoms with Gasteiger partial charge in [0.05, 0.1) is 13.7 Å². The van der Waals surface area contributed by atoms with E-state index >= 15 is 0 Å². The molecule has 0 atom stereocenters. The first-order chi connectivity index (χ1) is 10.4. The zero-order valence-electron chi connectivity index (χ0n) is 11.4. The van der Waals surface area contributed by atoms with Crippen LogP contribution in [0.5, 0.6) is 11.5 Å². The molecule has 1 N–H and O–H groups in total. The first kappa shape index (κ1) is 13.1. The van der Waals surface area contributed by atoms with Crippen molar-refractivity contribution >= 4 is 11.5 Å². The molecular formula is C13H14N6O2. The van der Waals surface area contributed by atoms with E-state index in [-0.39, 0.29) is 0 Å². The highest BCUT2D eigenvalue weighted by atomic mass is 16.5. The van der Waals surface area contributed by atoms with Gasteiger partial charge in [0, 0.05) is 0 Å². The molecule has 1 aromatic carbocycles. The van der Waals surface area contributed by atoms with Crippen LogP contribution in [0.1, 0.15) is 0 Å². The Hall–Kier alpha value is -2.90. The van der Waals surface area contributed by atoms with Crippen LogP contribution in [0.15, 0.2) is 36.4 Å². The molecule has 0 aliphatic rings. The quantitative estimate of drug-likeness (QED) is 0.677. The summed E-state index contributed by atoms with van der Waals surface area (Å²) in [5, 5.41) is 18.4. The van der Waals surface area contributed by atoms with E-state index in [1.807, 2.05) is 30.3 Å². The number of fused-ring (bicyclic) bond motifs is 1. The van der Waals surface area contributed by atoms with Gasteiger partial charge in [0.25, 0.3) is 0 Å². The average Bonchev–Trinajstić information content (AvgIpc) is 2.99. The van der Waals surface area contributed by atoms with E-state index in [4.69, 9.17) is 9.47 Å². The highest BCUT2D eigenvalue weighted by Crippen LogP contribution is 2.25. The zero-order valence-corrected chi connectivity index (χ0v) is 11.4. The Morgan fingerprint density at radius 2 is 2.00 bits per heavy atom. The minimum Gasteiger partial charge on any atom is -0.493 e. The van der Waals surface area contributed by atoms with Gasteiger partial charge in [-0.05, 0) is 34.7 Å². The Morgan fingerprint density at radius 3 is 2.86 bits per heavy atom. The van der Waals surface area contributed by atoms with Crippen LogP contribution in [0.3, 0.4) is 0 Å². The molecule has 0 amide bonds. The van der Waals surface area contributed by atoms with Gasteiger partial charge in [0.15, 0.2) is 17.1 Å². The molecule has 8 heteroatoms. The molecule has 2 aromatic heterocycles. The van der Waals surface area contributed by atoms with Gasteiger partial charge in [0.2, 0.25) is 0 Å². The first-order valence-electron chi connectivity index (χ1n) is 6.42. The molecule has 0 fully saturated rings. The molecule has 0 saturated heterocycles. The van der Waals surface area contributed by atoms with Gasteiger partial charge in [-0.25, -0.2) is 0 Å². The molecule has 3 rings (SSSR count). The van der Waals surface area contributed by atoms with Gasteiger partial charge in [-0.1, -0.05) is 12.1 Å². The van der Waals surface area contributed by atoms with E-state index in [1.165, 1.54) is 4.63 Å². The van der Waals surface area contributed by atoms with Crippen LogP contribution in [0.2, 0.25) is 0 Å². The van der Waals surface area contributed by atoms with Crippen LogP contribution in [-0.4, -0.2) is 45.5 Å². The largest absolute Gasteiger partial charge is 0.493 e. The van der Waals surface area contributed by atoms with Crippen molar-refractivity contribution in [3.05, 3.63) is 36.4 Å². The van der Waals surface area contributed by atoms with E-state index in [2.05, 4.69) is 25.9 Å². The Kier molecular flexibility index (Phi) is 3.77. The summed E-state index contributed by atoms with van der Waals surface area (Å²) in [5.41, 5.74) is 0.603. The number of nitrogens with zero attached hydrogens (tertiary/aromatic N) is 5. The van der Waals surface area contributed by atoms with Crippen molar-refractivity contribution < 1.29 is 9.47 Å². The van der Waals surface area contributed by atoms with Gasteiger partial charge in [-0.3, -0.25) is 0 Å². The Morgan fingerprint density at radius 1 is 1.14 bits per heavy atom. The van der Waals surface area contributed by atoms with Gasteiger partial charge in [0.1, 0.15) is 12.4 Å². The Balaban J connectivity index is 1.54. The lowest BCUT2D eigenvalue weighted by atomic mass is 10.3. The van der Waals surface area contributed by atoms with Crippen LogP contribution < -0.4 is 14.8 Å². The number of hydrogen-bond donors (Lipinski definition) is 1. The number of rotatable bonds is 6. The Bertz CT molecular complexity index is 729. The number of nitrogens with one attached hydrogen (secondary N) is 1. The fourth-order valence-corrected chi connectivity index (χ4v) is 1.82. The summed E-state index contributed by atoms with van der Waals surface area (Å²) in [6, 6.07) is 11.1. The standard InChI is InChI=1S/C13H14N6O2/c1-20-10-4-2-3-5-11(10)21-9-8-14-12-6-7-13-15-17-18-19(13)16-12/h2-7H,8-9H2,1H3,(H,14,16). The maximum Gasteiger partial charge on any atom is 0.200 e. The predicted molar refractivity (Wildman–Crippen MR) is 75.6 cm³/mol. The number of hydrogen-bond acceptors (Lipinski definition) is 7. The van der Waals surface area contributed by atoms with Crippen molar-refractivity contribution in [2.45, 2.75) is 0 Å². The normalized spacial score (nSPS) is 10.5. The molecule has 0 saturated carbocycles. The molecule has 21 heavy (non-hydrogen) atoms. The third-order valence-electron chi connectivity index (χ3n) is 2.80.